The Hall–Kier alpha value is -2.17. The fourth-order valence-corrected chi connectivity index (χ4v) is 1.30. The van der Waals surface area contributed by atoms with Gasteiger partial charge in [0.05, 0.1) is 14.2 Å². The Morgan fingerprint density at radius 1 is 1.41 bits per heavy atom. The van der Waals surface area contributed by atoms with Gasteiger partial charge in [-0.05, 0) is 12.1 Å². The molecule has 0 aliphatic heterocycles. The summed E-state index contributed by atoms with van der Waals surface area (Å²) in [6, 6.07) is 5.46. The van der Waals surface area contributed by atoms with Crippen molar-refractivity contribution in [3.8, 4) is 11.5 Å². The van der Waals surface area contributed by atoms with Crippen LogP contribution in [0.3, 0.4) is 0 Å². The zero-order valence-electron chi connectivity index (χ0n) is 9.77. The third-order valence-electron chi connectivity index (χ3n) is 2.13. The standard InChI is InChI=1S/C12H15NO4/c1-16-10-4-3-9(11(7-10)17-2)8-13-6-5-12(14)15/h3-7,13H,8H2,1-2H3,(H,14,15)/b6-5+. The summed E-state index contributed by atoms with van der Waals surface area (Å²) in [5.74, 6) is 0.423. The molecule has 0 aromatic heterocycles. The van der Waals surface area contributed by atoms with Crippen LogP contribution in [0.2, 0.25) is 0 Å². The number of methoxy groups -OCH3 is 2. The molecule has 0 atom stereocenters. The van der Waals surface area contributed by atoms with Crippen molar-refractivity contribution in [3.63, 3.8) is 0 Å². The topological polar surface area (TPSA) is 67.8 Å². The minimum absolute atomic E-state index is 0.483. The van der Waals surface area contributed by atoms with Crippen molar-refractivity contribution in [2.24, 2.45) is 0 Å². The van der Waals surface area contributed by atoms with Crippen LogP contribution in [-0.2, 0) is 11.3 Å². The van der Waals surface area contributed by atoms with E-state index >= 15 is 0 Å². The van der Waals surface area contributed by atoms with Crippen molar-refractivity contribution in [1.29, 1.82) is 0 Å². The van der Waals surface area contributed by atoms with E-state index in [-0.39, 0.29) is 0 Å². The smallest absolute Gasteiger partial charge is 0.329 e. The van der Waals surface area contributed by atoms with Crippen LogP contribution in [-0.4, -0.2) is 25.3 Å². The normalized spacial score (nSPS) is 10.2. The van der Waals surface area contributed by atoms with E-state index in [9.17, 15) is 4.79 Å². The first-order valence-corrected chi connectivity index (χ1v) is 5.01. The molecule has 17 heavy (non-hydrogen) atoms. The number of carboxylic acid groups (broad SMARTS) is 1. The molecule has 0 heterocycles. The second kappa shape index (κ2) is 6.42. The molecule has 0 saturated heterocycles. The van der Waals surface area contributed by atoms with Crippen molar-refractivity contribution in [3.05, 3.63) is 36.0 Å². The SMILES string of the molecule is COc1ccc(CN/C=C/C(=O)O)c(OC)c1. The van der Waals surface area contributed by atoms with Gasteiger partial charge < -0.3 is 19.9 Å². The lowest BCUT2D eigenvalue weighted by Gasteiger charge is -2.10. The van der Waals surface area contributed by atoms with Gasteiger partial charge in [0.1, 0.15) is 11.5 Å². The maximum atomic E-state index is 10.2. The molecule has 5 heteroatoms. The number of aliphatic carboxylic acids is 1. The molecule has 0 unspecified atom stereocenters. The average Bonchev–Trinajstić information content (AvgIpc) is 2.34. The summed E-state index contributed by atoms with van der Waals surface area (Å²) in [7, 11) is 3.16. The third-order valence-corrected chi connectivity index (χ3v) is 2.13. The summed E-state index contributed by atoms with van der Waals surface area (Å²) in [5.41, 5.74) is 0.920. The van der Waals surface area contributed by atoms with E-state index in [1.165, 1.54) is 6.20 Å². The predicted octanol–water partition coefficient (Wildman–Crippen LogP) is 1.39. The summed E-state index contributed by atoms with van der Waals surface area (Å²) in [4.78, 5) is 10.2. The van der Waals surface area contributed by atoms with Crippen LogP contribution in [0.5, 0.6) is 11.5 Å². The second-order valence-corrected chi connectivity index (χ2v) is 3.23. The van der Waals surface area contributed by atoms with Gasteiger partial charge >= 0.3 is 5.97 Å². The minimum atomic E-state index is -0.987. The molecule has 0 amide bonds. The molecular weight excluding hydrogens is 222 g/mol. The van der Waals surface area contributed by atoms with Crippen LogP contribution >= 0.6 is 0 Å². The molecule has 0 spiro atoms. The molecule has 1 aromatic carbocycles. The summed E-state index contributed by atoms with van der Waals surface area (Å²) >= 11 is 0. The second-order valence-electron chi connectivity index (χ2n) is 3.23. The Morgan fingerprint density at radius 2 is 2.18 bits per heavy atom. The number of carboxylic acids is 1. The molecule has 1 aromatic rings. The maximum Gasteiger partial charge on any atom is 0.329 e. The fraction of sp³-hybridized carbons (Fsp3) is 0.250. The predicted molar refractivity (Wildman–Crippen MR) is 63.2 cm³/mol. The average molecular weight is 237 g/mol. The molecule has 0 bridgehead atoms. The van der Waals surface area contributed by atoms with Crippen molar-refractivity contribution in [2.45, 2.75) is 6.54 Å². The van der Waals surface area contributed by atoms with Gasteiger partial charge in [-0.2, -0.15) is 0 Å². The molecule has 1 rings (SSSR count). The summed E-state index contributed by atoms with van der Waals surface area (Å²) in [6.07, 6.45) is 2.42. The monoisotopic (exact) mass is 237 g/mol. The zero-order valence-corrected chi connectivity index (χ0v) is 9.77. The lowest BCUT2D eigenvalue weighted by Crippen LogP contribution is -2.07. The minimum Gasteiger partial charge on any atom is -0.497 e. The van der Waals surface area contributed by atoms with Gasteiger partial charge in [0.15, 0.2) is 0 Å². The van der Waals surface area contributed by atoms with E-state index in [0.29, 0.717) is 18.0 Å². The third kappa shape index (κ3) is 4.06. The molecular formula is C12H15NO4. The van der Waals surface area contributed by atoms with Crippen molar-refractivity contribution < 1.29 is 19.4 Å². The molecule has 2 N–H and O–H groups in total. The lowest BCUT2D eigenvalue weighted by molar-refractivity contribution is -0.131. The van der Waals surface area contributed by atoms with Crippen LogP contribution in [0.1, 0.15) is 5.56 Å². The lowest BCUT2D eigenvalue weighted by atomic mass is 10.2. The first-order chi connectivity index (χ1) is 8.17. The van der Waals surface area contributed by atoms with Gasteiger partial charge in [-0.25, -0.2) is 4.79 Å². The molecule has 0 aliphatic rings. The first-order valence-electron chi connectivity index (χ1n) is 5.01. The summed E-state index contributed by atoms with van der Waals surface area (Å²) in [6.45, 7) is 0.483. The molecule has 0 fully saturated rings. The summed E-state index contributed by atoms with van der Waals surface area (Å²) in [5, 5.41) is 11.3. The van der Waals surface area contributed by atoms with Crippen molar-refractivity contribution >= 4 is 5.97 Å². The maximum absolute atomic E-state index is 10.2. The van der Waals surface area contributed by atoms with Crippen LogP contribution in [0, 0.1) is 0 Å². The van der Waals surface area contributed by atoms with E-state index < -0.39 is 5.97 Å². The Kier molecular flexibility index (Phi) is 4.87. The highest BCUT2D eigenvalue weighted by molar-refractivity contribution is 5.79. The van der Waals surface area contributed by atoms with E-state index in [0.717, 1.165) is 11.6 Å². The number of benzene rings is 1. The number of hydrogen-bond donors (Lipinski definition) is 2. The Labute approximate surface area is 99.7 Å². The van der Waals surface area contributed by atoms with Gasteiger partial charge in [-0.15, -0.1) is 0 Å². The number of carbonyl (C=O) groups is 1. The molecule has 5 nitrogen and oxygen atoms in total. The highest BCUT2D eigenvalue weighted by Gasteiger charge is 2.03. The number of hydrogen-bond acceptors (Lipinski definition) is 4. The molecule has 92 valence electrons. The largest absolute Gasteiger partial charge is 0.497 e. The van der Waals surface area contributed by atoms with Crippen LogP contribution < -0.4 is 14.8 Å². The van der Waals surface area contributed by atoms with Gasteiger partial charge in [0.25, 0.3) is 0 Å². The van der Waals surface area contributed by atoms with Gasteiger partial charge in [-0.3, -0.25) is 0 Å². The highest BCUT2D eigenvalue weighted by Crippen LogP contribution is 2.24. The fourth-order valence-electron chi connectivity index (χ4n) is 1.30. The quantitative estimate of drug-likeness (QED) is 0.732. The van der Waals surface area contributed by atoms with E-state index in [1.807, 2.05) is 12.1 Å². The van der Waals surface area contributed by atoms with Crippen LogP contribution in [0.4, 0.5) is 0 Å². The van der Waals surface area contributed by atoms with Gasteiger partial charge in [0, 0.05) is 30.5 Å². The van der Waals surface area contributed by atoms with Gasteiger partial charge in [-0.1, -0.05) is 0 Å². The van der Waals surface area contributed by atoms with Crippen LogP contribution in [0.15, 0.2) is 30.5 Å². The van der Waals surface area contributed by atoms with Crippen molar-refractivity contribution in [2.75, 3.05) is 14.2 Å². The zero-order chi connectivity index (χ0) is 12.7. The molecule has 0 radical (unpaired) electrons. The number of nitrogens with one attached hydrogen (secondary N) is 1. The Balaban J connectivity index is 2.67. The first kappa shape index (κ1) is 12.9. The summed E-state index contributed by atoms with van der Waals surface area (Å²) < 4.78 is 10.3. The van der Waals surface area contributed by atoms with E-state index in [1.54, 1.807) is 20.3 Å². The highest BCUT2D eigenvalue weighted by atomic mass is 16.5. The number of ether oxygens (including phenoxy) is 2. The van der Waals surface area contributed by atoms with E-state index in [2.05, 4.69) is 5.32 Å². The number of rotatable bonds is 6. The molecule has 0 saturated carbocycles. The Bertz CT molecular complexity index is 415. The van der Waals surface area contributed by atoms with Gasteiger partial charge in [0.2, 0.25) is 0 Å². The molecule has 0 aliphatic carbocycles. The van der Waals surface area contributed by atoms with Crippen molar-refractivity contribution in [1.82, 2.24) is 5.32 Å². The Morgan fingerprint density at radius 3 is 2.76 bits per heavy atom. The van der Waals surface area contributed by atoms with Crippen LogP contribution in [0.25, 0.3) is 0 Å². The van der Waals surface area contributed by atoms with E-state index in [4.69, 9.17) is 14.6 Å².